The van der Waals surface area contributed by atoms with Crippen LogP contribution in [0, 0.1) is 5.92 Å². The van der Waals surface area contributed by atoms with E-state index in [9.17, 15) is 14.4 Å². The second-order valence-electron chi connectivity index (χ2n) is 6.78. The summed E-state index contributed by atoms with van der Waals surface area (Å²) < 4.78 is 1.38. The highest BCUT2D eigenvalue weighted by molar-refractivity contribution is 5.82. The molecule has 122 valence electrons. The highest BCUT2D eigenvalue weighted by atomic mass is 16.2. The molecule has 0 unspecified atom stereocenters. The fourth-order valence-electron chi connectivity index (χ4n) is 3.50. The van der Waals surface area contributed by atoms with Crippen LogP contribution in [0.1, 0.15) is 51.1 Å². The van der Waals surface area contributed by atoms with E-state index in [-0.39, 0.29) is 23.1 Å². The smallest absolute Gasteiger partial charge is 0.307 e. The first kappa shape index (κ1) is 15.7. The quantitative estimate of drug-likeness (QED) is 0.946. The number of hydrogen-bond donors (Lipinski definition) is 1. The average molecular weight is 314 g/mol. The molecule has 5 nitrogen and oxygen atoms in total. The van der Waals surface area contributed by atoms with Crippen LogP contribution in [-0.4, -0.2) is 15.3 Å². The number of aromatic nitrogens is 2. The van der Waals surface area contributed by atoms with Gasteiger partial charge in [0.2, 0.25) is 0 Å². The van der Waals surface area contributed by atoms with Crippen LogP contribution in [0.2, 0.25) is 0 Å². The van der Waals surface area contributed by atoms with Crippen molar-refractivity contribution < 1.29 is 4.79 Å². The van der Waals surface area contributed by atoms with E-state index in [0.29, 0.717) is 23.2 Å². The number of Topliss-reactive ketones (excluding diaryl/α,β-unsaturated/α-hetero) is 1. The summed E-state index contributed by atoms with van der Waals surface area (Å²) in [5.41, 5.74) is 0.765. The first-order chi connectivity index (χ1) is 11.0. The third-order valence-corrected chi connectivity index (χ3v) is 4.80. The van der Waals surface area contributed by atoms with E-state index in [1.807, 2.05) is 0 Å². The van der Waals surface area contributed by atoms with Crippen LogP contribution >= 0.6 is 0 Å². The Bertz CT molecular complexity index is 855. The first-order valence-corrected chi connectivity index (χ1v) is 8.22. The Morgan fingerprint density at radius 2 is 1.91 bits per heavy atom. The zero-order chi connectivity index (χ0) is 16.6. The molecule has 3 rings (SSSR count). The first-order valence-electron chi connectivity index (χ1n) is 8.22. The van der Waals surface area contributed by atoms with Gasteiger partial charge in [-0.05, 0) is 56.2 Å². The van der Waals surface area contributed by atoms with Gasteiger partial charge >= 0.3 is 5.69 Å². The molecule has 1 fully saturated rings. The van der Waals surface area contributed by atoms with Crippen molar-refractivity contribution in [2.45, 2.75) is 52.0 Å². The van der Waals surface area contributed by atoms with Gasteiger partial charge in [-0.25, -0.2) is 4.79 Å². The Hall–Kier alpha value is -2.17. The summed E-state index contributed by atoms with van der Waals surface area (Å²) in [6.07, 6.45) is 4.11. The van der Waals surface area contributed by atoms with Crippen molar-refractivity contribution in [3.63, 3.8) is 0 Å². The zero-order valence-corrected chi connectivity index (χ0v) is 13.6. The number of carbonyl (C=O) groups is 1. The second kappa shape index (κ2) is 6.14. The maximum absolute atomic E-state index is 12.8. The molecule has 1 aromatic carbocycles. The molecule has 0 atom stereocenters. The summed E-state index contributed by atoms with van der Waals surface area (Å²) in [5.74, 6) is 0.707. The number of ketones is 1. The van der Waals surface area contributed by atoms with Gasteiger partial charge in [-0.2, -0.15) is 0 Å². The molecule has 0 bridgehead atoms. The lowest BCUT2D eigenvalue weighted by atomic mass is 9.87. The molecule has 5 heteroatoms. The molecular weight excluding hydrogens is 292 g/mol. The molecule has 23 heavy (non-hydrogen) atoms. The molecule has 1 aromatic heterocycles. The molecule has 1 saturated carbocycles. The molecule has 0 saturated heterocycles. The lowest BCUT2D eigenvalue weighted by Gasteiger charge is -2.27. The SMILES string of the molecule is CC(=O)Cc1ccc2[nH]c(=O)n(C3CCC(C)CC3)c(=O)c2c1. The predicted molar refractivity (Wildman–Crippen MR) is 89.9 cm³/mol. The van der Waals surface area contributed by atoms with E-state index in [2.05, 4.69) is 11.9 Å². The summed E-state index contributed by atoms with van der Waals surface area (Å²) in [7, 11) is 0. The van der Waals surface area contributed by atoms with Crippen LogP contribution in [0.5, 0.6) is 0 Å². The van der Waals surface area contributed by atoms with Crippen molar-refractivity contribution in [2.75, 3.05) is 0 Å². The summed E-state index contributed by atoms with van der Waals surface area (Å²) in [6, 6.07) is 5.20. The Kier molecular flexibility index (Phi) is 4.20. The lowest BCUT2D eigenvalue weighted by molar-refractivity contribution is -0.116. The van der Waals surface area contributed by atoms with E-state index >= 15 is 0 Å². The number of nitrogens with one attached hydrogen (secondary N) is 1. The number of rotatable bonds is 3. The Balaban J connectivity index is 2.09. The molecule has 0 radical (unpaired) electrons. The predicted octanol–water partition coefficient (Wildman–Crippen LogP) is 2.57. The molecule has 2 aromatic rings. The number of benzene rings is 1. The van der Waals surface area contributed by atoms with Crippen molar-refractivity contribution in [1.29, 1.82) is 0 Å². The molecule has 1 aliphatic carbocycles. The monoisotopic (exact) mass is 314 g/mol. The highest BCUT2D eigenvalue weighted by Gasteiger charge is 2.23. The summed E-state index contributed by atoms with van der Waals surface area (Å²) >= 11 is 0. The molecular formula is C18H22N2O3. The Labute approximate surface area is 134 Å². The summed E-state index contributed by atoms with van der Waals surface area (Å²) in [5, 5.41) is 0.488. The zero-order valence-electron chi connectivity index (χ0n) is 13.6. The number of hydrogen-bond acceptors (Lipinski definition) is 3. The van der Waals surface area contributed by atoms with Gasteiger partial charge in [0, 0.05) is 12.5 Å². The number of aromatic amines is 1. The highest BCUT2D eigenvalue weighted by Crippen LogP contribution is 2.30. The fourth-order valence-corrected chi connectivity index (χ4v) is 3.50. The fraction of sp³-hybridized carbons (Fsp3) is 0.500. The topological polar surface area (TPSA) is 71.9 Å². The molecule has 1 N–H and O–H groups in total. The maximum atomic E-state index is 12.8. The molecule has 1 aliphatic rings. The Morgan fingerprint density at radius 1 is 1.22 bits per heavy atom. The number of fused-ring (bicyclic) bond motifs is 1. The number of carbonyl (C=O) groups excluding carboxylic acids is 1. The van der Waals surface area contributed by atoms with Gasteiger partial charge in [0.1, 0.15) is 5.78 Å². The van der Waals surface area contributed by atoms with Gasteiger partial charge in [-0.15, -0.1) is 0 Å². The molecule has 0 amide bonds. The normalized spacial score (nSPS) is 21.5. The Morgan fingerprint density at radius 3 is 2.57 bits per heavy atom. The van der Waals surface area contributed by atoms with Gasteiger partial charge in [0.05, 0.1) is 10.9 Å². The van der Waals surface area contributed by atoms with Gasteiger partial charge in [-0.1, -0.05) is 13.0 Å². The van der Waals surface area contributed by atoms with Crippen LogP contribution in [0.15, 0.2) is 27.8 Å². The van der Waals surface area contributed by atoms with Gasteiger partial charge in [-0.3, -0.25) is 14.2 Å². The van der Waals surface area contributed by atoms with Crippen LogP contribution < -0.4 is 11.2 Å². The molecule has 0 spiro atoms. The van der Waals surface area contributed by atoms with Crippen molar-refractivity contribution in [2.24, 2.45) is 5.92 Å². The minimum atomic E-state index is -0.332. The van der Waals surface area contributed by atoms with Crippen LogP contribution in [0.25, 0.3) is 10.9 Å². The third-order valence-electron chi connectivity index (χ3n) is 4.80. The summed E-state index contributed by atoms with van der Waals surface area (Å²) in [6.45, 7) is 3.73. The maximum Gasteiger partial charge on any atom is 0.329 e. The minimum Gasteiger partial charge on any atom is -0.307 e. The van der Waals surface area contributed by atoms with Crippen molar-refractivity contribution in [3.05, 3.63) is 44.6 Å². The third kappa shape index (κ3) is 3.14. The van der Waals surface area contributed by atoms with E-state index in [4.69, 9.17) is 0 Å². The average Bonchev–Trinajstić information content (AvgIpc) is 2.49. The van der Waals surface area contributed by atoms with Crippen LogP contribution in [-0.2, 0) is 11.2 Å². The van der Waals surface area contributed by atoms with Gasteiger partial charge < -0.3 is 4.98 Å². The lowest BCUT2D eigenvalue weighted by Crippen LogP contribution is -2.39. The van der Waals surface area contributed by atoms with E-state index in [1.54, 1.807) is 18.2 Å². The van der Waals surface area contributed by atoms with Crippen molar-refractivity contribution >= 4 is 16.7 Å². The van der Waals surface area contributed by atoms with Crippen LogP contribution in [0.4, 0.5) is 0 Å². The standard InChI is InChI=1S/C18H22N2O3/c1-11-3-6-14(7-4-11)20-17(22)15-10-13(9-12(2)21)5-8-16(15)19-18(20)23/h5,8,10-11,14H,3-4,6-7,9H2,1-2H3,(H,19,23). The van der Waals surface area contributed by atoms with Crippen molar-refractivity contribution in [1.82, 2.24) is 9.55 Å². The van der Waals surface area contributed by atoms with E-state index in [1.165, 1.54) is 11.5 Å². The minimum absolute atomic E-state index is 0.0247. The van der Waals surface area contributed by atoms with Crippen LogP contribution in [0.3, 0.4) is 0 Å². The molecule has 1 heterocycles. The molecule has 0 aliphatic heterocycles. The largest absolute Gasteiger partial charge is 0.329 e. The summed E-state index contributed by atoms with van der Waals surface area (Å²) in [4.78, 5) is 39.3. The van der Waals surface area contributed by atoms with Gasteiger partial charge in [0.15, 0.2) is 0 Å². The number of nitrogens with zero attached hydrogens (tertiary/aromatic N) is 1. The van der Waals surface area contributed by atoms with E-state index in [0.717, 1.165) is 31.2 Å². The number of H-pyrrole nitrogens is 1. The second-order valence-corrected chi connectivity index (χ2v) is 6.78. The van der Waals surface area contributed by atoms with Crippen molar-refractivity contribution in [3.8, 4) is 0 Å². The van der Waals surface area contributed by atoms with Gasteiger partial charge in [0.25, 0.3) is 5.56 Å². The van der Waals surface area contributed by atoms with E-state index < -0.39 is 0 Å².